The zero-order valence-electron chi connectivity index (χ0n) is 13.0. The Morgan fingerprint density at radius 3 is 2.33 bits per heavy atom. The molecule has 0 aliphatic carbocycles. The van der Waals surface area contributed by atoms with Crippen molar-refractivity contribution in [2.24, 2.45) is 0 Å². The Bertz CT molecular complexity index is 690. The fourth-order valence-electron chi connectivity index (χ4n) is 1.78. The summed E-state index contributed by atoms with van der Waals surface area (Å²) in [6.45, 7) is 2.42. The van der Waals surface area contributed by atoms with Crippen LogP contribution in [-0.2, 0) is 4.79 Å². The largest absolute Gasteiger partial charge is 0.494 e. The molecule has 0 heterocycles. The van der Waals surface area contributed by atoms with Gasteiger partial charge in [-0.2, -0.15) is 0 Å². The molecule has 5 nitrogen and oxygen atoms in total. The van der Waals surface area contributed by atoms with Crippen LogP contribution >= 0.6 is 11.8 Å². The van der Waals surface area contributed by atoms with Crippen molar-refractivity contribution in [1.29, 1.82) is 0 Å². The maximum atomic E-state index is 12.8. The van der Waals surface area contributed by atoms with Crippen molar-refractivity contribution in [3.05, 3.63) is 59.9 Å². The van der Waals surface area contributed by atoms with Crippen LogP contribution in [0.4, 0.5) is 4.39 Å². The maximum Gasteiger partial charge on any atom is 0.269 e. The van der Waals surface area contributed by atoms with Crippen LogP contribution in [0.25, 0.3) is 0 Å². The molecule has 0 aliphatic heterocycles. The first-order chi connectivity index (χ1) is 11.6. The molecule has 2 amide bonds. The summed E-state index contributed by atoms with van der Waals surface area (Å²) in [6.07, 6.45) is 0. The highest BCUT2D eigenvalue weighted by atomic mass is 32.2. The molecule has 2 aromatic rings. The lowest BCUT2D eigenvalue weighted by atomic mass is 10.2. The fraction of sp³-hybridized carbons (Fsp3) is 0.176. The van der Waals surface area contributed by atoms with Crippen molar-refractivity contribution in [1.82, 2.24) is 10.9 Å². The molecule has 0 atom stereocenters. The summed E-state index contributed by atoms with van der Waals surface area (Å²) in [5.74, 6) is -0.322. The Kier molecular flexibility index (Phi) is 6.62. The van der Waals surface area contributed by atoms with E-state index in [0.29, 0.717) is 17.9 Å². The molecule has 0 aliphatic rings. The molecule has 2 aromatic carbocycles. The van der Waals surface area contributed by atoms with E-state index in [0.717, 1.165) is 4.90 Å². The van der Waals surface area contributed by atoms with E-state index >= 15 is 0 Å². The van der Waals surface area contributed by atoms with E-state index in [2.05, 4.69) is 10.9 Å². The number of rotatable bonds is 6. The molecule has 0 fully saturated rings. The Balaban J connectivity index is 1.76. The minimum Gasteiger partial charge on any atom is -0.494 e. The summed E-state index contributed by atoms with van der Waals surface area (Å²) in [6, 6.07) is 12.4. The van der Waals surface area contributed by atoms with Crippen molar-refractivity contribution in [2.75, 3.05) is 12.4 Å². The van der Waals surface area contributed by atoms with Crippen LogP contribution < -0.4 is 15.6 Å². The van der Waals surface area contributed by atoms with Crippen molar-refractivity contribution in [3.63, 3.8) is 0 Å². The summed E-state index contributed by atoms with van der Waals surface area (Å²) < 4.78 is 18.1. The van der Waals surface area contributed by atoms with Gasteiger partial charge in [0.15, 0.2) is 0 Å². The zero-order chi connectivity index (χ0) is 17.4. The molecule has 126 valence electrons. The summed E-state index contributed by atoms with van der Waals surface area (Å²) in [7, 11) is 0. The predicted octanol–water partition coefficient (Wildman–Crippen LogP) is 2.78. The Hall–Kier alpha value is -2.54. The normalized spacial score (nSPS) is 10.1. The van der Waals surface area contributed by atoms with Gasteiger partial charge in [-0.3, -0.25) is 20.4 Å². The molecule has 0 saturated carbocycles. The number of halogens is 1. The quantitative estimate of drug-likeness (QED) is 0.622. The molecular weight excluding hydrogens is 331 g/mol. The molecule has 0 spiro atoms. The van der Waals surface area contributed by atoms with Gasteiger partial charge in [0.1, 0.15) is 11.6 Å². The Labute approximate surface area is 143 Å². The third kappa shape index (κ3) is 5.58. The third-order valence-electron chi connectivity index (χ3n) is 2.93. The van der Waals surface area contributed by atoms with Crippen LogP contribution in [0.2, 0.25) is 0 Å². The molecule has 24 heavy (non-hydrogen) atoms. The zero-order valence-corrected chi connectivity index (χ0v) is 13.9. The summed E-state index contributed by atoms with van der Waals surface area (Å²) in [5.41, 5.74) is 5.09. The van der Waals surface area contributed by atoms with E-state index in [-0.39, 0.29) is 17.5 Å². The lowest BCUT2D eigenvalue weighted by molar-refractivity contribution is -0.119. The lowest BCUT2D eigenvalue weighted by Crippen LogP contribution is -2.42. The van der Waals surface area contributed by atoms with Gasteiger partial charge >= 0.3 is 0 Å². The second-order valence-electron chi connectivity index (χ2n) is 4.70. The van der Waals surface area contributed by atoms with E-state index in [9.17, 15) is 14.0 Å². The number of hydrogen-bond donors (Lipinski definition) is 2. The Morgan fingerprint density at radius 1 is 1.04 bits per heavy atom. The van der Waals surface area contributed by atoms with Crippen LogP contribution in [0.15, 0.2) is 53.4 Å². The molecule has 7 heteroatoms. The molecule has 2 N–H and O–H groups in total. The Morgan fingerprint density at radius 2 is 1.71 bits per heavy atom. The lowest BCUT2D eigenvalue weighted by Gasteiger charge is -2.08. The predicted molar refractivity (Wildman–Crippen MR) is 90.3 cm³/mol. The minimum atomic E-state index is -0.418. The third-order valence-corrected chi connectivity index (χ3v) is 3.94. The molecule has 0 radical (unpaired) electrons. The van der Waals surface area contributed by atoms with Crippen LogP contribution in [0.5, 0.6) is 5.75 Å². The number of benzene rings is 2. The minimum absolute atomic E-state index is 0.106. The van der Waals surface area contributed by atoms with Gasteiger partial charge in [0.25, 0.3) is 5.91 Å². The summed E-state index contributed by atoms with van der Waals surface area (Å²) in [4.78, 5) is 24.4. The number of hydrogen-bond acceptors (Lipinski definition) is 4. The van der Waals surface area contributed by atoms with E-state index in [1.165, 1.54) is 23.9 Å². The smallest absolute Gasteiger partial charge is 0.269 e. The molecule has 0 bridgehead atoms. The average Bonchev–Trinajstić information content (AvgIpc) is 2.60. The van der Waals surface area contributed by atoms with Crippen molar-refractivity contribution in [3.8, 4) is 5.75 Å². The van der Waals surface area contributed by atoms with Gasteiger partial charge in [0.2, 0.25) is 5.91 Å². The molecule has 0 unspecified atom stereocenters. The number of thioether (sulfide) groups is 1. The van der Waals surface area contributed by atoms with E-state index in [1.807, 2.05) is 6.92 Å². The number of carbonyl (C=O) groups excluding carboxylic acids is 2. The fourth-order valence-corrected chi connectivity index (χ4v) is 2.48. The number of hydrazine groups is 1. The van der Waals surface area contributed by atoms with Crippen LogP contribution in [0.3, 0.4) is 0 Å². The first kappa shape index (κ1) is 17.8. The van der Waals surface area contributed by atoms with Gasteiger partial charge < -0.3 is 4.74 Å². The number of amides is 2. The molecular formula is C17H17FN2O3S. The van der Waals surface area contributed by atoms with Gasteiger partial charge in [-0.15, -0.1) is 11.8 Å². The van der Waals surface area contributed by atoms with E-state index in [4.69, 9.17) is 4.74 Å². The summed E-state index contributed by atoms with van der Waals surface area (Å²) >= 11 is 1.25. The van der Waals surface area contributed by atoms with Gasteiger partial charge in [-0.05, 0) is 55.5 Å². The summed E-state index contributed by atoms with van der Waals surface area (Å²) in [5, 5.41) is 0. The number of nitrogens with one attached hydrogen (secondary N) is 2. The topological polar surface area (TPSA) is 67.4 Å². The van der Waals surface area contributed by atoms with Crippen molar-refractivity contribution >= 4 is 23.6 Å². The van der Waals surface area contributed by atoms with Crippen molar-refractivity contribution < 1.29 is 18.7 Å². The maximum absolute atomic E-state index is 12.8. The first-order valence-corrected chi connectivity index (χ1v) is 8.27. The highest BCUT2D eigenvalue weighted by Gasteiger charge is 2.08. The molecule has 0 aromatic heterocycles. The van der Waals surface area contributed by atoms with Gasteiger partial charge in [-0.25, -0.2) is 4.39 Å². The van der Waals surface area contributed by atoms with E-state index < -0.39 is 5.91 Å². The van der Waals surface area contributed by atoms with Gasteiger partial charge in [-0.1, -0.05) is 0 Å². The number of ether oxygens (including phenoxy) is 1. The van der Waals surface area contributed by atoms with Crippen LogP contribution in [0, 0.1) is 5.82 Å². The van der Waals surface area contributed by atoms with E-state index in [1.54, 1.807) is 36.4 Å². The second kappa shape index (κ2) is 8.93. The van der Waals surface area contributed by atoms with Crippen LogP contribution in [-0.4, -0.2) is 24.2 Å². The van der Waals surface area contributed by atoms with Crippen molar-refractivity contribution in [2.45, 2.75) is 11.8 Å². The van der Waals surface area contributed by atoms with Gasteiger partial charge in [0.05, 0.1) is 12.4 Å². The molecule has 0 saturated heterocycles. The van der Waals surface area contributed by atoms with Gasteiger partial charge in [0, 0.05) is 10.5 Å². The first-order valence-electron chi connectivity index (χ1n) is 7.29. The average molecular weight is 348 g/mol. The van der Waals surface area contributed by atoms with Crippen LogP contribution in [0.1, 0.15) is 17.3 Å². The monoisotopic (exact) mass is 348 g/mol. The standard InChI is InChI=1S/C17H17FN2O3S/c1-2-23-14-7-3-12(4-8-14)17(22)20-19-16(21)11-24-15-9-5-13(18)6-10-15/h3-10H,2,11H2,1H3,(H,19,21)(H,20,22). The molecule has 2 rings (SSSR count). The SMILES string of the molecule is CCOc1ccc(C(=O)NNC(=O)CSc2ccc(F)cc2)cc1. The number of carbonyl (C=O) groups is 2. The second-order valence-corrected chi connectivity index (χ2v) is 5.75. The highest BCUT2D eigenvalue weighted by Crippen LogP contribution is 2.17. The highest BCUT2D eigenvalue weighted by molar-refractivity contribution is 8.00.